The SMILES string of the molecule is CCc1cc2c(cn1)cc(-c1cc(NC#N)ccc1C)c(=O)n2C. The van der Waals surface area contributed by atoms with Gasteiger partial charge in [-0.25, -0.2) is 0 Å². The maximum atomic E-state index is 12.9. The van der Waals surface area contributed by atoms with Gasteiger partial charge in [0.05, 0.1) is 5.52 Å². The molecule has 5 nitrogen and oxygen atoms in total. The van der Waals surface area contributed by atoms with Gasteiger partial charge in [0.2, 0.25) is 0 Å². The number of aryl methyl sites for hydroxylation is 3. The summed E-state index contributed by atoms with van der Waals surface area (Å²) in [6, 6.07) is 9.39. The molecule has 0 unspecified atom stereocenters. The molecule has 0 atom stereocenters. The van der Waals surface area contributed by atoms with Crippen LogP contribution in [0.2, 0.25) is 0 Å². The maximum absolute atomic E-state index is 12.9. The van der Waals surface area contributed by atoms with Crippen molar-refractivity contribution in [2.24, 2.45) is 7.05 Å². The molecule has 120 valence electrons. The van der Waals surface area contributed by atoms with E-state index in [2.05, 4.69) is 10.3 Å². The topological polar surface area (TPSA) is 70.7 Å². The summed E-state index contributed by atoms with van der Waals surface area (Å²) in [5.41, 5.74) is 4.84. The van der Waals surface area contributed by atoms with Gasteiger partial charge >= 0.3 is 0 Å². The van der Waals surface area contributed by atoms with E-state index in [1.54, 1.807) is 11.6 Å². The maximum Gasteiger partial charge on any atom is 0.258 e. The van der Waals surface area contributed by atoms with Gasteiger partial charge in [0.15, 0.2) is 6.19 Å². The van der Waals surface area contributed by atoms with Gasteiger partial charge in [-0.3, -0.25) is 15.1 Å². The Hall–Kier alpha value is -3.13. The molecule has 0 radical (unpaired) electrons. The quantitative estimate of drug-likeness (QED) is 0.594. The van der Waals surface area contributed by atoms with Crippen LogP contribution in [0.3, 0.4) is 0 Å². The molecule has 0 spiro atoms. The number of nitrogens with zero attached hydrogens (tertiary/aromatic N) is 3. The van der Waals surface area contributed by atoms with Gasteiger partial charge in [-0.1, -0.05) is 13.0 Å². The van der Waals surface area contributed by atoms with Crippen LogP contribution in [0.4, 0.5) is 5.69 Å². The summed E-state index contributed by atoms with van der Waals surface area (Å²) in [5.74, 6) is 0. The Labute approximate surface area is 140 Å². The normalized spacial score (nSPS) is 10.6. The van der Waals surface area contributed by atoms with Gasteiger partial charge in [-0.05, 0) is 48.7 Å². The van der Waals surface area contributed by atoms with E-state index in [4.69, 9.17) is 5.26 Å². The molecule has 3 rings (SSSR count). The number of hydrogen-bond acceptors (Lipinski definition) is 4. The van der Waals surface area contributed by atoms with Gasteiger partial charge < -0.3 is 4.57 Å². The van der Waals surface area contributed by atoms with Crippen LogP contribution < -0.4 is 10.9 Å². The molecular weight excluding hydrogens is 300 g/mol. The summed E-state index contributed by atoms with van der Waals surface area (Å²) in [6.07, 6.45) is 4.54. The van der Waals surface area contributed by atoms with Crippen LogP contribution in [0, 0.1) is 18.4 Å². The fourth-order valence-corrected chi connectivity index (χ4v) is 2.85. The zero-order chi connectivity index (χ0) is 17.3. The number of benzene rings is 1. The lowest BCUT2D eigenvalue weighted by molar-refractivity contribution is 0.902. The minimum absolute atomic E-state index is 0.0621. The Bertz CT molecular complexity index is 1030. The largest absolute Gasteiger partial charge is 0.311 e. The predicted molar refractivity (Wildman–Crippen MR) is 95.8 cm³/mol. The number of anilines is 1. The van der Waals surface area contributed by atoms with Gasteiger partial charge in [-0.15, -0.1) is 0 Å². The molecule has 0 aliphatic carbocycles. The van der Waals surface area contributed by atoms with E-state index in [9.17, 15) is 4.79 Å². The Morgan fingerprint density at radius 2 is 2.04 bits per heavy atom. The van der Waals surface area contributed by atoms with Crippen LogP contribution in [0.25, 0.3) is 22.0 Å². The van der Waals surface area contributed by atoms with E-state index >= 15 is 0 Å². The first-order valence-corrected chi connectivity index (χ1v) is 7.80. The van der Waals surface area contributed by atoms with E-state index in [1.165, 1.54) is 0 Å². The van der Waals surface area contributed by atoms with Crippen molar-refractivity contribution in [3.8, 4) is 17.3 Å². The minimum atomic E-state index is -0.0621. The molecule has 0 amide bonds. The molecule has 0 saturated carbocycles. The predicted octanol–water partition coefficient (Wildman–Crippen LogP) is 3.36. The molecule has 5 heteroatoms. The minimum Gasteiger partial charge on any atom is -0.311 e. The second-order valence-corrected chi connectivity index (χ2v) is 5.78. The first kappa shape index (κ1) is 15.8. The van der Waals surface area contributed by atoms with E-state index in [-0.39, 0.29) is 5.56 Å². The number of hydrogen-bond donors (Lipinski definition) is 1. The third-order valence-electron chi connectivity index (χ3n) is 4.26. The third kappa shape index (κ3) is 2.63. The van der Waals surface area contributed by atoms with Crippen molar-refractivity contribution in [2.45, 2.75) is 20.3 Å². The van der Waals surface area contributed by atoms with E-state index in [0.29, 0.717) is 11.3 Å². The number of nitriles is 1. The number of nitrogens with one attached hydrogen (secondary N) is 1. The Balaban J connectivity index is 2.28. The van der Waals surface area contributed by atoms with Crippen molar-refractivity contribution in [3.05, 3.63) is 58.1 Å². The molecule has 0 aliphatic heterocycles. The molecule has 24 heavy (non-hydrogen) atoms. The fraction of sp³-hybridized carbons (Fsp3) is 0.211. The van der Waals surface area contributed by atoms with Crippen LogP contribution in [0.15, 0.2) is 41.3 Å². The molecular formula is C19H18N4O. The highest BCUT2D eigenvalue weighted by Crippen LogP contribution is 2.26. The van der Waals surface area contributed by atoms with Crippen LogP contribution in [-0.4, -0.2) is 9.55 Å². The summed E-state index contributed by atoms with van der Waals surface area (Å²) >= 11 is 0. The number of pyridine rings is 2. The number of aromatic nitrogens is 2. The summed E-state index contributed by atoms with van der Waals surface area (Å²) in [6.45, 7) is 3.99. The summed E-state index contributed by atoms with van der Waals surface area (Å²) < 4.78 is 1.66. The highest BCUT2D eigenvalue weighted by Gasteiger charge is 2.12. The smallest absolute Gasteiger partial charge is 0.258 e. The van der Waals surface area contributed by atoms with Crippen molar-refractivity contribution < 1.29 is 0 Å². The monoisotopic (exact) mass is 318 g/mol. The van der Waals surface area contributed by atoms with Crippen molar-refractivity contribution in [2.75, 3.05) is 5.32 Å². The van der Waals surface area contributed by atoms with Crippen molar-refractivity contribution in [3.63, 3.8) is 0 Å². The fourth-order valence-electron chi connectivity index (χ4n) is 2.85. The number of fused-ring (bicyclic) bond motifs is 1. The molecule has 3 aromatic rings. The molecule has 2 heterocycles. The summed E-state index contributed by atoms with van der Waals surface area (Å²) in [4.78, 5) is 17.3. The lowest BCUT2D eigenvalue weighted by atomic mass is 9.99. The average Bonchev–Trinajstić information content (AvgIpc) is 2.60. The second kappa shape index (κ2) is 6.17. The zero-order valence-corrected chi connectivity index (χ0v) is 13.9. The molecule has 0 bridgehead atoms. The second-order valence-electron chi connectivity index (χ2n) is 5.78. The van der Waals surface area contributed by atoms with Crippen molar-refractivity contribution >= 4 is 16.6 Å². The summed E-state index contributed by atoms with van der Waals surface area (Å²) in [7, 11) is 1.78. The first-order chi connectivity index (χ1) is 11.5. The molecule has 0 aliphatic rings. The zero-order valence-electron chi connectivity index (χ0n) is 13.9. The average molecular weight is 318 g/mol. The van der Waals surface area contributed by atoms with E-state index < -0.39 is 0 Å². The third-order valence-corrected chi connectivity index (χ3v) is 4.26. The standard InChI is InChI=1S/C19H18N4O/c1-4-14-9-18-13(10-21-14)7-17(19(24)23(18)3)16-8-15(22-11-20)6-5-12(16)2/h5-10,22H,4H2,1-3H3. The summed E-state index contributed by atoms with van der Waals surface area (Å²) in [5, 5.41) is 12.3. The highest BCUT2D eigenvalue weighted by molar-refractivity contribution is 5.85. The van der Waals surface area contributed by atoms with Gasteiger partial charge in [0, 0.05) is 35.6 Å². The molecule has 1 aromatic carbocycles. The molecule has 1 N–H and O–H groups in total. The van der Waals surface area contributed by atoms with Gasteiger partial charge in [0.1, 0.15) is 0 Å². The lowest BCUT2D eigenvalue weighted by Crippen LogP contribution is -2.19. The van der Waals surface area contributed by atoms with Gasteiger partial charge in [0.25, 0.3) is 5.56 Å². The van der Waals surface area contributed by atoms with Crippen LogP contribution in [0.5, 0.6) is 0 Å². The van der Waals surface area contributed by atoms with Crippen molar-refractivity contribution in [1.29, 1.82) is 5.26 Å². The Morgan fingerprint density at radius 1 is 1.25 bits per heavy atom. The Kier molecular flexibility index (Phi) is 4.05. The van der Waals surface area contributed by atoms with E-state index in [1.807, 2.05) is 56.6 Å². The molecule has 2 aromatic heterocycles. The first-order valence-electron chi connectivity index (χ1n) is 7.80. The molecule has 0 fully saturated rings. The van der Waals surface area contributed by atoms with Crippen LogP contribution in [0.1, 0.15) is 18.2 Å². The Morgan fingerprint density at radius 3 is 2.75 bits per heavy atom. The molecule has 0 saturated heterocycles. The van der Waals surface area contributed by atoms with Crippen molar-refractivity contribution in [1.82, 2.24) is 9.55 Å². The van der Waals surface area contributed by atoms with Gasteiger partial charge in [-0.2, -0.15) is 5.26 Å². The van der Waals surface area contributed by atoms with Crippen LogP contribution in [-0.2, 0) is 13.5 Å². The highest BCUT2D eigenvalue weighted by atomic mass is 16.1. The lowest BCUT2D eigenvalue weighted by Gasteiger charge is -2.12. The van der Waals surface area contributed by atoms with E-state index in [0.717, 1.165) is 34.1 Å². The van der Waals surface area contributed by atoms with Crippen LogP contribution >= 0.6 is 0 Å². The number of rotatable bonds is 3.